The Morgan fingerprint density at radius 3 is 2.24 bits per heavy atom. The van der Waals surface area contributed by atoms with Gasteiger partial charge in [-0.15, -0.1) is 0 Å². The normalized spacial score (nSPS) is 17.4. The zero-order chi connectivity index (χ0) is 15.9. The van der Waals surface area contributed by atoms with E-state index >= 15 is 0 Å². The summed E-state index contributed by atoms with van der Waals surface area (Å²) in [5, 5.41) is 0. The highest BCUT2D eigenvalue weighted by Crippen LogP contribution is 2.17. The van der Waals surface area contributed by atoms with Gasteiger partial charge in [-0.05, 0) is 32.1 Å². The first-order valence-corrected chi connectivity index (χ1v) is 9.87. The number of nitrogens with one attached hydrogen (secondary N) is 1. The number of hydrogen-bond donors (Lipinski definition) is 1. The van der Waals surface area contributed by atoms with Gasteiger partial charge in [0.15, 0.2) is 0 Å². The first kappa shape index (κ1) is 18.4. The summed E-state index contributed by atoms with van der Waals surface area (Å²) in [6.07, 6.45) is 4.76. The lowest BCUT2D eigenvalue weighted by Crippen LogP contribution is -2.48. The van der Waals surface area contributed by atoms with E-state index in [9.17, 15) is 13.2 Å². The lowest BCUT2D eigenvalue weighted by molar-refractivity contribution is -0.136. The van der Waals surface area contributed by atoms with Crippen molar-refractivity contribution in [2.75, 3.05) is 18.8 Å². The minimum Gasteiger partial charge on any atom is -0.342 e. The van der Waals surface area contributed by atoms with Crippen LogP contribution in [0.15, 0.2) is 0 Å². The number of piperidine rings is 1. The molecule has 1 fully saturated rings. The molecule has 1 aliphatic rings. The number of unbranched alkanes of at least 4 members (excludes halogenated alkanes) is 1. The molecule has 0 aliphatic carbocycles. The van der Waals surface area contributed by atoms with Crippen LogP contribution in [0, 0.1) is 5.92 Å². The molecule has 1 N–H and O–H groups in total. The molecular weight excluding hydrogens is 288 g/mol. The van der Waals surface area contributed by atoms with Crippen molar-refractivity contribution in [2.45, 2.75) is 65.3 Å². The second kappa shape index (κ2) is 8.73. The van der Waals surface area contributed by atoms with Crippen LogP contribution in [0.5, 0.6) is 0 Å². The molecule has 1 aliphatic heterocycles. The van der Waals surface area contributed by atoms with E-state index in [-0.39, 0.29) is 23.6 Å². The van der Waals surface area contributed by atoms with Crippen LogP contribution in [-0.2, 0) is 14.8 Å². The molecule has 0 radical (unpaired) electrons. The maximum atomic E-state index is 12.3. The lowest BCUT2D eigenvalue weighted by atomic mass is 9.99. The summed E-state index contributed by atoms with van der Waals surface area (Å²) in [5.74, 6) is 0.547. The molecule has 0 aromatic carbocycles. The molecular formula is C15H30N2O3S. The van der Waals surface area contributed by atoms with E-state index in [1.165, 1.54) is 0 Å². The van der Waals surface area contributed by atoms with Crippen LogP contribution in [0.2, 0.25) is 0 Å². The second-order valence-electron chi connectivity index (χ2n) is 5.90. The van der Waals surface area contributed by atoms with Crippen LogP contribution in [0.4, 0.5) is 0 Å². The predicted octanol–water partition coefficient (Wildman–Crippen LogP) is 2.13. The Bertz CT molecular complexity index is 411. The molecule has 0 unspecified atom stereocenters. The number of carbonyl (C=O) groups excluding carboxylic acids is 1. The van der Waals surface area contributed by atoms with Gasteiger partial charge in [0.1, 0.15) is 0 Å². The molecule has 0 aromatic rings. The standard InChI is InChI=1S/C15H30N2O3S/c1-4-7-12-21(19,20)16-14-8-10-17(11-9-14)15(18)13(5-2)6-3/h13-14,16H,4-12H2,1-3H3. The smallest absolute Gasteiger partial charge is 0.225 e. The largest absolute Gasteiger partial charge is 0.342 e. The van der Waals surface area contributed by atoms with Crippen LogP contribution < -0.4 is 4.72 Å². The van der Waals surface area contributed by atoms with Crippen molar-refractivity contribution < 1.29 is 13.2 Å². The fourth-order valence-electron chi connectivity index (χ4n) is 2.76. The Morgan fingerprint density at radius 1 is 1.19 bits per heavy atom. The number of amides is 1. The third-order valence-corrected chi connectivity index (χ3v) is 5.77. The summed E-state index contributed by atoms with van der Waals surface area (Å²) in [6, 6.07) is -0.0161. The Kier molecular flexibility index (Phi) is 7.66. The maximum absolute atomic E-state index is 12.3. The van der Waals surface area contributed by atoms with Gasteiger partial charge in [-0.1, -0.05) is 27.2 Å². The van der Waals surface area contributed by atoms with Crippen LogP contribution in [0.1, 0.15) is 59.3 Å². The fourth-order valence-corrected chi connectivity index (χ4v) is 4.29. The predicted molar refractivity (Wildman–Crippen MR) is 85.5 cm³/mol. The third kappa shape index (κ3) is 5.94. The van der Waals surface area contributed by atoms with Crippen molar-refractivity contribution in [3.8, 4) is 0 Å². The summed E-state index contributed by atoms with van der Waals surface area (Å²) < 4.78 is 26.5. The Balaban J connectivity index is 2.43. The molecule has 0 saturated carbocycles. The molecule has 5 nitrogen and oxygen atoms in total. The average molecular weight is 318 g/mol. The quantitative estimate of drug-likeness (QED) is 0.745. The van der Waals surface area contributed by atoms with E-state index in [0.29, 0.717) is 19.5 Å². The first-order chi connectivity index (χ1) is 9.93. The SMILES string of the molecule is CCCCS(=O)(=O)NC1CCN(C(=O)C(CC)CC)CC1. The number of sulfonamides is 1. The van der Waals surface area contributed by atoms with Gasteiger partial charge in [0.25, 0.3) is 0 Å². The van der Waals surface area contributed by atoms with Gasteiger partial charge in [0, 0.05) is 25.0 Å². The summed E-state index contributed by atoms with van der Waals surface area (Å²) >= 11 is 0. The number of likely N-dealkylation sites (tertiary alicyclic amines) is 1. The highest BCUT2D eigenvalue weighted by molar-refractivity contribution is 7.89. The zero-order valence-corrected chi connectivity index (χ0v) is 14.4. The average Bonchev–Trinajstić information content (AvgIpc) is 2.46. The highest BCUT2D eigenvalue weighted by Gasteiger charge is 2.28. The van der Waals surface area contributed by atoms with Gasteiger partial charge in [0.2, 0.25) is 15.9 Å². The van der Waals surface area contributed by atoms with E-state index < -0.39 is 10.0 Å². The van der Waals surface area contributed by atoms with E-state index in [1.807, 2.05) is 25.7 Å². The van der Waals surface area contributed by atoms with Crippen molar-refractivity contribution in [1.29, 1.82) is 0 Å². The monoisotopic (exact) mass is 318 g/mol. The fraction of sp³-hybridized carbons (Fsp3) is 0.933. The number of hydrogen-bond acceptors (Lipinski definition) is 3. The summed E-state index contributed by atoms with van der Waals surface area (Å²) in [6.45, 7) is 7.39. The topological polar surface area (TPSA) is 66.5 Å². The van der Waals surface area contributed by atoms with Crippen LogP contribution >= 0.6 is 0 Å². The molecule has 0 bridgehead atoms. The molecule has 6 heteroatoms. The Hall–Kier alpha value is -0.620. The molecule has 1 heterocycles. The number of nitrogens with zero attached hydrogens (tertiary/aromatic N) is 1. The van der Waals surface area contributed by atoms with Gasteiger partial charge in [-0.3, -0.25) is 4.79 Å². The molecule has 1 rings (SSSR count). The Labute approximate surface area is 129 Å². The van der Waals surface area contributed by atoms with Crippen LogP contribution in [-0.4, -0.2) is 44.1 Å². The molecule has 0 spiro atoms. The Morgan fingerprint density at radius 2 is 1.76 bits per heavy atom. The molecule has 124 valence electrons. The number of rotatable bonds is 8. The lowest BCUT2D eigenvalue weighted by Gasteiger charge is -2.34. The van der Waals surface area contributed by atoms with E-state index in [0.717, 1.165) is 32.1 Å². The molecule has 0 aromatic heterocycles. The molecule has 1 amide bonds. The van der Waals surface area contributed by atoms with Crippen molar-refractivity contribution in [3.05, 3.63) is 0 Å². The van der Waals surface area contributed by atoms with Gasteiger partial charge in [-0.25, -0.2) is 13.1 Å². The second-order valence-corrected chi connectivity index (χ2v) is 7.78. The van der Waals surface area contributed by atoms with Crippen molar-refractivity contribution in [2.24, 2.45) is 5.92 Å². The van der Waals surface area contributed by atoms with Crippen molar-refractivity contribution in [3.63, 3.8) is 0 Å². The van der Waals surface area contributed by atoms with E-state index in [4.69, 9.17) is 0 Å². The van der Waals surface area contributed by atoms with Crippen molar-refractivity contribution in [1.82, 2.24) is 9.62 Å². The van der Waals surface area contributed by atoms with E-state index in [1.54, 1.807) is 0 Å². The van der Waals surface area contributed by atoms with Gasteiger partial charge < -0.3 is 4.90 Å². The molecule has 21 heavy (non-hydrogen) atoms. The third-order valence-electron chi connectivity index (χ3n) is 4.25. The van der Waals surface area contributed by atoms with Gasteiger partial charge in [-0.2, -0.15) is 0 Å². The first-order valence-electron chi connectivity index (χ1n) is 8.22. The van der Waals surface area contributed by atoms with E-state index in [2.05, 4.69) is 4.72 Å². The van der Waals surface area contributed by atoms with Gasteiger partial charge in [0.05, 0.1) is 5.75 Å². The maximum Gasteiger partial charge on any atom is 0.225 e. The zero-order valence-electron chi connectivity index (χ0n) is 13.6. The highest BCUT2D eigenvalue weighted by atomic mass is 32.2. The summed E-state index contributed by atoms with van der Waals surface area (Å²) in [5.41, 5.74) is 0. The van der Waals surface area contributed by atoms with Gasteiger partial charge >= 0.3 is 0 Å². The minimum atomic E-state index is -3.16. The summed E-state index contributed by atoms with van der Waals surface area (Å²) in [7, 11) is -3.16. The summed E-state index contributed by atoms with van der Waals surface area (Å²) in [4.78, 5) is 14.2. The number of carbonyl (C=O) groups is 1. The molecule has 0 atom stereocenters. The van der Waals surface area contributed by atoms with Crippen LogP contribution in [0.3, 0.4) is 0 Å². The van der Waals surface area contributed by atoms with Crippen molar-refractivity contribution >= 4 is 15.9 Å². The molecule has 1 saturated heterocycles. The minimum absolute atomic E-state index is 0.0161. The van der Waals surface area contributed by atoms with Crippen LogP contribution in [0.25, 0.3) is 0 Å².